The Morgan fingerprint density at radius 1 is 1.47 bits per heavy atom. The normalized spacial score (nSPS) is 10.3. The highest BCUT2D eigenvalue weighted by Gasteiger charge is 2.08. The average Bonchev–Trinajstić information content (AvgIpc) is 2.18. The molecule has 1 rings (SSSR count). The fourth-order valence-electron chi connectivity index (χ4n) is 1.66. The number of rotatable bonds is 5. The molecule has 0 aliphatic heterocycles. The molecule has 15 heavy (non-hydrogen) atoms. The van der Waals surface area contributed by atoms with Crippen molar-refractivity contribution in [3.8, 4) is 0 Å². The number of carboxylic acids is 1. The van der Waals surface area contributed by atoms with Gasteiger partial charge in [0.05, 0.1) is 6.42 Å². The molecule has 0 aliphatic carbocycles. The van der Waals surface area contributed by atoms with Crippen LogP contribution in [0, 0.1) is 6.92 Å². The molecule has 0 aliphatic rings. The Hall–Kier alpha value is -1.02. The Labute approximate surface area is 94.9 Å². The van der Waals surface area contributed by atoms with E-state index in [0.717, 1.165) is 29.5 Å². The largest absolute Gasteiger partial charge is 0.481 e. The van der Waals surface area contributed by atoms with Crippen LogP contribution in [0.15, 0.2) is 18.2 Å². The lowest BCUT2D eigenvalue weighted by Crippen LogP contribution is -2.06. The molecule has 0 atom stereocenters. The summed E-state index contributed by atoms with van der Waals surface area (Å²) in [6, 6.07) is 5.89. The monoisotopic (exact) mass is 226 g/mol. The maximum Gasteiger partial charge on any atom is 0.307 e. The van der Waals surface area contributed by atoms with E-state index in [9.17, 15) is 4.79 Å². The molecule has 0 amide bonds. The van der Waals surface area contributed by atoms with Crippen molar-refractivity contribution >= 4 is 17.6 Å². The molecule has 0 heterocycles. The number of carboxylic acid groups (broad SMARTS) is 1. The van der Waals surface area contributed by atoms with Crippen LogP contribution in [0.5, 0.6) is 0 Å². The minimum absolute atomic E-state index is 0.101. The van der Waals surface area contributed by atoms with Crippen molar-refractivity contribution in [1.29, 1.82) is 0 Å². The van der Waals surface area contributed by atoms with Gasteiger partial charge in [0.15, 0.2) is 0 Å². The Bertz CT molecular complexity index is 347. The summed E-state index contributed by atoms with van der Waals surface area (Å²) in [7, 11) is 0. The molecule has 0 radical (unpaired) electrons. The van der Waals surface area contributed by atoms with E-state index in [4.69, 9.17) is 16.7 Å². The number of hydrogen-bond donors (Lipinski definition) is 1. The molecule has 0 spiro atoms. The lowest BCUT2D eigenvalue weighted by molar-refractivity contribution is -0.136. The number of aliphatic carboxylic acids is 1. The molecule has 82 valence electrons. The molecule has 0 saturated carbocycles. The fraction of sp³-hybridized carbons (Fsp3) is 0.417. The Kier molecular flexibility index (Phi) is 4.63. The minimum atomic E-state index is -0.781. The summed E-state index contributed by atoms with van der Waals surface area (Å²) < 4.78 is 0. The van der Waals surface area contributed by atoms with E-state index in [1.54, 1.807) is 0 Å². The first-order valence-corrected chi connectivity index (χ1v) is 5.53. The molecule has 1 aromatic carbocycles. The number of aryl methyl sites for hydroxylation is 2. The Morgan fingerprint density at radius 2 is 2.20 bits per heavy atom. The topological polar surface area (TPSA) is 37.3 Å². The van der Waals surface area contributed by atoms with E-state index in [1.165, 1.54) is 0 Å². The van der Waals surface area contributed by atoms with Crippen LogP contribution in [0.2, 0.25) is 0 Å². The summed E-state index contributed by atoms with van der Waals surface area (Å²) in [5.74, 6) is -0.170. The Morgan fingerprint density at radius 3 is 2.80 bits per heavy atom. The number of alkyl halides is 1. The van der Waals surface area contributed by atoms with E-state index in [0.29, 0.717) is 5.88 Å². The molecule has 1 N–H and O–H groups in total. The second-order valence-electron chi connectivity index (χ2n) is 3.58. The second kappa shape index (κ2) is 5.76. The van der Waals surface area contributed by atoms with Gasteiger partial charge >= 0.3 is 5.97 Å². The quantitative estimate of drug-likeness (QED) is 0.784. The molecule has 1 aromatic rings. The number of halogens is 1. The van der Waals surface area contributed by atoms with E-state index >= 15 is 0 Å². The van der Waals surface area contributed by atoms with Gasteiger partial charge in [-0.1, -0.05) is 18.2 Å². The maximum absolute atomic E-state index is 10.7. The molecule has 0 unspecified atom stereocenters. The molecule has 0 fully saturated rings. The molecular formula is C12H15ClO2. The molecular weight excluding hydrogens is 212 g/mol. The van der Waals surface area contributed by atoms with Gasteiger partial charge in [-0.15, -0.1) is 11.6 Å². The van der Waals surface area contributed by atoms with Gasteiger partial charge in [-0.2, -0.15) is 0 Å². The van der Waals surface area contributed by atoms with Crippen molar-refractivity contribution < 1.29 is 9.90 Å². The van der Waals surface area contributed by atoms with Crippen LogP contribution >= 0.6 is 11.6 Å². The predicted molar refractivity (Wildman–Crippen MR) is 61.6 cm³/mol. The zero-order chi connectivity index (χ0) is 11.3. The van der Waals surface area contributed by atoms with E-state index in [1.807, 2.05) is 25.1 Å². The summed E-state index contributed by atoms with van der Waals surface area (Å²) in [4.78, 5) is 10.7. The van der Waals surface area contributed by atoms with Crippen LogP contribution in [-0.2, 0) is 17.6 Å². The van der Waals surface area contributed by atoms with Gasteiger partial charge in [0, 0.05) is 5.88 Å². The van der Waals surface area contributed by atoms with Crippen molar-refractivity contribution in [1.82, 2.24) is 0 Å². The van der Waals surface area contributed by atoms with Crippen LogP contribution in [0.1, 0.15) is 23.1 Å². The minimum Gasteiger partial charge on any atom is -0.481 e. The smallest absolute Gasteiger partial charge is 0.307 e. The highest BCUT2D eigenvalue weighted by atomic mass is 35.5. The third-order valence-corrected chi connectivity index (χ3v) is 2.68. The van der Waals surface area contributed by atoms with Crippen LogP contribution in [0.25, 0.3) is 0 Å². The Balaban J connectivity index is 2.92. The van der Waals surface area contributed by atoms with Gasteiger partial charge in [0.2, 0.25) is 0 Å². The third-order valence-electron chi connectivity index (χ3n) is 2.42. The third kappa shape index (κ3) is 3.56. The van der Waals surface area contributed by atoms with Gasteiger partial charge in [-0.3, -0.25) is 4.79 Å². The highest BCUT2D eigenvalue weighted by molar-refractivity contribution is 6.17. The highest BCUT2D eigenvalue weighted by Crippen LogP contribution is 2.17. The standard InChI is InChI=1S/C12H15ClO2/c1-9-4-2-5-10(6-3-7-13)11(9)8-12(14)15/h2,4-5H,3,6-8H2,1H3,(H,14,15). The van der Waals surface area contributed by atoms with Gasteiger partial charge in [0.25, 0.3) is 0 Å². The SMILES string of the molecule is Cc1cccc(CCCCl)c1CC(=O)O. The molecule has 2 nitrogen and oxygen atoms in total. The summed E-state index contributed by atoms with van der Waals surface area (Å²) in [6.07, 6.45) is 1.84. The average molecular weight is 227 g/mol. The maximum atomic E-state index is 10.7. The van der Waals surface area contributed by atoms with Crippen LogP contribution in [0.3, 0.4) is 0 Å². The molecule has 0 bridgehead atoms. The van der Waals surface area contributed by atoms with E-state index in [2.05, 4.69) is 0 Å². The first kappa shape index (κ1) is 12.1. The fourth-order valence-corrected chi connectivity index (χ4v) is 1.79. The number of benzene rings is 1. The van der Waals surface area contributed by atoms with Gasteiger partial charge in [-0.05, 0) is 36.5 Å². The van der Waals surface area contributed by atoms with E-state index in [-0.39, 0.29) is 6.42 Å². The van der Waals surface area contributed by atoms with Crippen molar-refractivity contribution in [2.45, 2.75) is 26.2 Å². The van der Waals surface area contributed by atoms with Gasteiger partial charge < -0.3 is 5.11 Å². The summed E-state index contributed by atoms with van der Waals surface area (Å²) in [6.45, 7) is 1.95. The summed E-state index contributed by atoms with van der Waals surface area (Å²) in [5, 5.41) is 8.82. The van der Waals surface area contributed by atoms with Gasteiger partial charge in [0.1, 0.15) is 0 Å². The van der Waals surface area contributed by atoms with Gasteiger partial charge in [-0.25, -0.2) is 0 Å². The number of carbonyl (C=O) groups is 1. The van der Waals surface area contributed by atoms with Crippen molar-refractivity contribution in [3.05, 3.63) is 34.9 Å². The van der Waals surface area contributed by atoms with Crippen LogP contribution < -0.4 is 0 Å². The van der Waals surface area contributed by atoms with Crippen molar-refractivity contribution in [2.24, 2.45) is 0 Å². The summed E-state index contributed by atoms with van der Waals surface area (Å²) in [5.41, 5.74) is 3.10. The second-order valence-corrected chi connectivity index (χ2v) is 3.95. The van der Waals surface area contributed by atoms with Crippen LogP contribution in [0.4, 0.5) is 0 Å². The van der Waals surface area contributed by atoms with Crippen LogP contribution in [-0.4, -0.2) is 17.0 Å². The first-order valence-electron chi connectivity index (χ1n) is 5.00. The van der Waals surface area contributed by atoms with E-state index < -0.39 is 5.97 Å². The zero-order valence-electron chi connectivity index (χ0n) is 8.79. The molecule has 0 saturated heterocycles. The number of hydrogen-bond acceptors (Lipinski definition) is 1. The van der Waals surface area contributed by atoms with Crippen molar-refractivity contribution in [3.63, 3.8) is 0 Å². The molecule has 0 aromatic heterocycles. The predicted octanol–water partition coefficient (Wildman–Crippen LogP) is 2.79. The lowest BCUT2D eigenvalue weighted by atomic mass is 9.96. The van der Waals surface area contributed by atoms with Crippen molar-refractivity contribution in [2.75, 3.05) is 5.88 Å². The first-order chi connectivity index (χ1) is 7.15. The lowest BCUT2D eigenvalue weighted by Gasteiger charge is -2.10. The zero-order valence-corrected chi connectivity index (χ0v) is 9.55. The summed E-state index contributed by atoms with van der Waals surface area (Å²) >= 11 is 5.63. The molecule has 3 heteroatoms.